The van der Waals surface area contributed by atoms with Crippen LogP contribution in [0.15, 0.2) is 36.5 Å². The Balaban J connectivity index is 2.07. The lowest BCUT2D eigenvalue weighted by atomic mass is 10.2. The minimum atomic E-state index is 0.675. The highest BCUT2D eigenvalue weighted by Gasteiger charge is 2.10. The third-order valence-corrected chi connectivity index (χ3v) is 3.30. The third kappa shape index (κ3) is 2.13. The van der Waals surface area contributed by atoms with Gasteiger partial charge in [-0.2, -0.15) is 0 Å². The molecule has 0 spiro atoms. The summed E-state index contributed by atoms with van der Waals surface area (Å²) in [6.45, 7) is 4.69. The Kier molecular flexibility index (Phi) is 3.14. The molecule has 0 aliphatic heterocycles. The molecule has 4 heteroatoms. The molecule has 0 bridgehead atoms. The van der Waals surface area contributed by atoms with Gasteiger partial charge < -0.3 is 9.30 Å². The Bertz CT molecular complexity index is 744. The lowest BCUT2D eigenvalue weighted by Gasteiger charge is -2.05. The van der Waals surface area contributed by atoms with Crippen LogP contribution in [0.3, 0.4) is 0 Å². The van der Waals surface area contributed by atoms with Gasteiger partial charge in [0.15, 0.2) is 5.65 Å². The zero-order valence-electron chi connectivity index (χ0n) is 11.9. The summed E-state index contributed by atoms with van der Waals surface area (Å²) < 4.78 is 7.54. The molecule has 3 rings (SSSR count). The molecule has 4 nitrogen and oxygen atoms in total. The summed E-state index contributed by atoms with van der Waals surface area (Å²) >= 11 is 0. The van der Waals surface area contributed by atoms with E-state index in [0.29, 0.717) is 6.61 Å². The van der Waals surface area contributed by atoms with Crippen molar-refractivity contribution in [3.05, 3.63) is 42.1 Å². The number of fused-ring (bicyclic) bond motifs is 1. The molecule has 20 heavy (non-hydrogen) atoms. The second-order valence-corrected chi connectivity index (χ2v) is 4.81. The zero-order valence-corrected chi connectivity index (χ0v) is 11.9. The van der Waals surface area contributed by atoms with Crippen molar-refractivity contribution in [3.63, 3.8) is 0 Å². The number of aromatic nitrogens is 3. The fourth-order valence-corrected chi connectivity index (χ4v) is 2.29. The van der Waals surface area contributed by atoms with Crippen LogP contribution in [0.25, 0.3) is 22.6 Å². The standard InChI is InChI=1S/C16H17N3O/c1-4-20-13-7-5-12(6-8-13)16-18-15-14(19(16)3)9-11(2)10-17-15/h5-10H,4H2,1-3H3. The molecule has 0 aliphatic carbocycles. The Morgan fingerprint density at radius 3 is 2.65 bits per heavy atom. The highest BCUT2D eigenvalue weighted by atomic mass is 16.5. The molecule has 0 fully saturated rings. The fourth-order valence-electron chi connectivity index (χ4n) is 2.29. The van der Waals surface area contributed by atoms with Gasteiger partial charge in [-0.3, -0.25) is 0 Å². The predicted molar refractivity (Wildman–Crippen MR) is 79.9 cm³/mol. The van der Waals surface area contributed by atoms with Crippen LogP contribution >= 0.6 is 0 Å². The van der Waals surface area contributed by atoms with Crippen molar-refractivity contribution in [1.29, 1.82) is 0 Å². The smallest absolute Gasteiger partial charge is 0.178 e. The summed E-state index contributed by atoms with van der Waals surface area (Å²) in [5.74, 6) is 1.80. The van der Waals surface area contributed by atoms with Crippen molar-refractivity contribution in [1.82, 2.24) is 14.5 Å². The molecule has 0 saturated heterocycles. The maximum absolute atomic E-state index is 5.46. The number of aryl methyl sites for hydroxylation is 2. The number of hydrogen-bond acceptors (Lipinski definition) is 3. The van der Waals surface area contributed by atoms with Gasteiger partial charge in [0.1, 0.15) is 11.6 Å². The third-order valence-electron chi connectivity index (χ3n) is 3.30. The van der Waals surface area contributed by atoms with Gasteiger partial charge in [0.05, 0.1) is 12.1 Å². The Morgan fingerprint density at radius 2 is 1.95 bits per heavy atom. The molecule has 0 unspecified atom stereocenters. The van der Waals surface area contributed by atoms with Gasteiger partial charge in [-0.1, -0.05) is 0 Å². The van der Waals surface area contributed by atoms with Crippen LogP contribution in [-0.4, -0.2) is 21.1 Å². The van der Waals surface area contributed by atoms with Crippen LogP contribution in [-0.2, 0) is 7.05 Å². The number of hydrogen-bond donors (Lipinski definition) is 0. The van der Waals surface area contributed by atoms with E-state index in [1.165, 1.54) is 0 Å². The number of nitrogens with zero attached hydrogens (tertiary/aromatic N) is 3. The van der Waals surface area contributed by atoms with Crippen LogP contribution in [0, 0.1) is 6.92 Å². The van der Waals surface area contributed by atoms with E-state index >= 15 is 0 Å². The van der Waals surface area contributed by atoms with Gasteiger partial charge in [-0.15, -0.1) is 0 Å². The average Bonchev–Trinajstić information content (AvgIpc) is 2.77. The van der Waals surface area contributed by atoms with Crippen LogP contribution in [0.1, 0.15) is 12.5 Å². The van der Waals surface area contributed by atoms with Crippen LogP contribution in [0.5, 0.6) is 5.75 Å². The Morgan fingerprint density at radius 1 is 1.20 bits per heavy atom. The first-order valence-corrected chi connectivity index (χ1v) is 6.71. The number of benzene rings is 1. The summed E-state index contributed by atoms with van der Waals surface area (Å²) in [4.78, 5) is 8.99. The molecule has 1 aromatic carbocycles. The van der Waals surface area contributed by atoms with Crippen molar-refractivity contribution < 1.29 is 4.74 Å². The number of ether oxygens (including phenoxy) is 1. The summed E-state index contributed by atoms with van der Waals surface area (Å²) in [6, 6.07) is 10.1. The second kappa shape index (κ2) is 4.96. The molecule has 2 heterocycles. The van der Waals surface area contributed by atoms with E-state index in [1.807, 2.05) is 51.4 Å². The monoisotopic (exact) mass is 267 g/mol. The van der Waals surface area contributed by atoms with E-state index < -0.39 is 0 Å². The molecule has 0 N–H and O–H groups in total. The fraction of sp³-hybridized carbons (Fsp3) is 0.250. The highest BCUT2D eigenvalue weighted by Crippen LogP contribution is 2.24. The maximum Gasteiger partial charge on any atom is 0.178 e. The normalized spacial score (nSPS) is 10.9. The van der Waals surface area contributed by atoms with Crippen LogP contribution in [0.4, 0.5) is 0 Å². The number of pyridine rings is 1. The molecule has 102 valence electrons. The Hall–Kier alpha value is -2.36. The zero-order chi connectivity index (χ0) is 14.1. The van der Waals surface area contributed by atoms with E-state index in [0.717, 1.165) is 33.9 Å². The van der Waals surface area contributed by atoms with E-state index in [9.17, 15) is 0 Å². The van der Waals surface area contributed by atoms with Crippen molar-refractivity contribution in [3.8, 4) is 17.1 Å². The van der Waals surface area contributed by atoms with Gasteiger partial charge >= 0.3 is 0 Å². The van der Waals surface area contributed by atoms with Gasteiger partial charge in [-0.05, 0) is 49.7 Å². The summed E-state index contributed by atoms with van der Waals surface area (Å²) in [5, 5.41) is 0. The van der Waals surface area contributed by atoms with E-state index in [-0.39, 0.29) is 0 Å². The van der Waals surface area contributed by atoms with Crippen LogP contribution in [0.2, 0.25) is 0 Å². The quantitative estimate of drug-likeness (QED) is 0.730. The van der Waals surface area contributed by atoms with Gasteiger partial charge in [0.2, 0.25) is 0 Å². The summed E-state index contributed by atoms with van der Waals surface area (Å²) in [5.41, 5.74) is 4.03. The van der Waals surface area contributed by atoms with Crippen molar-refractivity contribution in [2.45, 2.75) is 13.8 Å². The van der Waals surface area contributed by atoms with E-state index in [1.54, 1.807) is 0 Å². The van der Waals surface area contributed by atoms with Crippen LogP contribution < -0.4 is 4.74 Å². The maximum atomic E-state index is 5.46. The number of rotatable bonds is 3. The molecule has 3 aromatic rings. The lowest BCUT2D eigenvalue weighted by Crippen LogP contribution is -1.94. The number of imidazole rings is 1. The summed E-state index contributed by atoms with van der Waals surface area (Å²) in [6.07, 6.45) is 1.84. The van der Waals surface area contributed by atoms with E-state index in [2.05, 4.69) is 20.6 Å². The molecule has 0 aliphatic rings. The molecule has 0 radical (unpaired) electrons. The minimum Gasteiger partial charge on any atom is -0.494 e. The first kappa shape index (κ1) is 12.7. The minimum absolute atomic E-state index is 0.675. The van der Waals surface area contributed by atoms with Gasteiger partial charge in [0, 0.05) is 18.8 Å². The molecule has 0 amide bonds. The lowest BCUT2D eigenvalue weighted by molar-refractivity contribution is 0.340. The molecule has 2 aromatic heterocycles. The summed E-state index contributed by atoms with van der Waals surface area (Å²) in [7, 11) is 2.02. The Labute approximate surface area is 118 Å². The molecular weight excluding hydrogens is 250 g/mol. The first-order valence-electron chi connectivity index (χ1n) is 6.71. The van der Waals surface area contributed by atoms with Crippen molar-refractivity contribution in [2.75, 3.05) is 6.61 Å². The highest BCUT2D eigenvalue weighted by molar-refractivity contribution is 5.77. The van der Waals surface area contributed by atoms with Crippen molar-refractivity contribution in [2.24, 2.45) is 7.05 Å². The predicted octanol–water partition coefficient (Wildman–Crippen LogP) is 3.34. The topological polar surface area (TPSA) is 39.9 Å². The largest absolute Gasteiger partial charge is 0.494 e. The van der Waals surface area contributed by atoms with Crippen molar-refractivity contribution >= 4 is 11.2 Å². The first-order chi connectivity index (χ1) is 9.69. The molecular formula is C16H17N3O. The second-order valence-electron chi connectivity index (χ2n) is 4.81. The van der Waals surface area contributed by atoms with Gasteiger partial charge in [-0.25, -0.2) is 9.97 Å². The molecule has 0 atom stereocenters. The van der Waals surface area contributed by atoms with E-state index in [4.69, 9.17) is 4.74 Å². The SMILES string of the molecule is CCOc1ccc(-c2nc3ncc(C)cc3n2C)cc1. The average molecular weight is 267 g/mol. The van der Waals surface area contributed by atoms with Gasteiger partial charge in [0.25, 0.3) is 0 Å². The molecule has 0 saturated carbocycles.